The van der Waals surface area contributed by atoms with Crippen molar-refractivity contribution in [2.75, 3.05) is 6.54 Å². The lowest BCUT2D eigenvalue weighted by Gasteiger charge is -2.18. The Morgan fingerprint density at radius 1 is 1.27 bits per heavy atom. The fraction of sp³-hybridized carbons (Fsp3) is 0.357. The van der Waals surface area contributed by atoms with Crippen LogP contribution in [0, 0.1) is 11.3 Å². The van der Waals surface area contributed by atoms with Gasteiger partial charge in [0.1, 0.15) is 24.0 Å². The maximum atomic E-state index is 11.8. The average molecular weight is 344 g/mol. The number of nitrogens with zero attached hydrogens (tertiary/aromatic N) is 1. The van der Waals surface area contributed by atoms with E-state index >= 15 is 0 Å². The van der Waals surface area contributed by atoms with Gasteiger partial charge in [0.05, 0.1) is 6.07 Å². The molecule has 1 rings (SSSR count). The summed E-state index contributed by atoms with van der Waals surface area (Å²) in [5.41, 5.74) is 0.815. The predicted octanol–water partition coefficient (Wildman–Crippen LogP) is 2.11. The molecular formula is C14H15Cl2N3O3. The van der Waals surface area contributed by atoms with E-state index in [1.165, 1.54) is 0 Å². The second kappa shape index (κ2) is 9.87. The molecule has 8 heteroatoms. The molecule has 1 aromatic rings. The summed E-state index contributed by atoms with van der Waals surface area (Å²) in [6.07, 6.45) is -0.768. The molecule has 2 N–H and O–H groups in total. The number of carbonyl (C=O) groups excluding carboxylic acids is 2. The first-order chi connectivity index (χ1) is 10.5. The normalized spacial score (nSPS) is 11.4. The number of amides is 2. The molecule has 0 aliphatic rings. The molecule has 0 aliphatic carbocycles. The highest BCUT2D eigenvalue weighted by Gasteiger charge is 2.23. The van der Waals surface area contributed by atoms with Gasteiger partial charge in [-0.25, -0.2) is 4.79 Å². The van der Waals surface area contributed by atoms with Crippen molar-refractivity contribution < 1.29 is 14.3 Å². The largest absolute Gasteiger partial charge is 0.445 e. The number of halogens is 2. The highest BCUT2D eigenvalue weighted by atomic mass is 35.5. The number of hydrogen-bond donors (Lipinski definition) is 2. The van der Waals surface area contributed by atoms with Gasteiger partial charge in [-0.1, -0.05) is 30.3 Å². The molecule has 0 saturated heterocycles. The number of benzene rings is 1. The third-order valence-electron chi connectivity index (χ3n) is 2.58. The van der Waals surface area contributed by atoms with E-state index < -0.39 is 22.9 Å². The van der Waals surface area contributed by atoms with Gasteiger partial charge in [0.15, 0.2) is 0 Å². The summed E-state index contributed by atoms with van der Waals surface area (Å²) in [5.74, 6) is -0.551. The van der Waals surface area contributed by atoms with E-state index in [1.807, 2.05) is 18.2 Å². The molecule has 0 heterocycles. The van der Waals surface area contributed by atoms with Crippen molar-refractivity contribution in [3.63, 3.8) is 0 Å². The van der Waals surface area contributed by atoms with Crippen LogP contribution < -0.4 is 10.6 Å². The zero-order valence-corrected chi connectivity index (χ0v) is 13.1. The standard InChI is InChI=1S/C14H15Cl2N3O3/c15-12(16)8-11(13(20)18-7-6-17)19-14(21)22-9-10-4-2-1-3-5-10/h1-5,11-12H,7-9H2,(H,18,20)(H,19,21)/t11-/m0/s1. The topological polar surface area (TPSA) is 91.2 Å². The summed E-state index contributed by atoms with van der Waals surface area (Å²) in [5, 5.41) is 13.1. The second-order valence-corrected chi connectivity index (χ2v) is 5.54. The Labute approximate surface area is 138 Å². The maximum absolute atomic E-state index is 11.8. The van der Waals surface area contributed by atoms with Gasteiger partial charge >= 0.3 is 6.09 Å². The summed E-state index contributed by atoms with van der Waals surface area (Å²) in [6, 6.07) is 9.88. The van der Waals surface area contributed by atoms with Crippen LogP contribution in [0.5, 0.6) is 0 Å². The van der Waals surface area contributed by atoms with Gasteiger partial charge in [-0.2, -0.15) is 5.26 Å². The van der Waals surface area contributed by atoms with Gasteiger partial charge < -0.3 is 15.4 Å². The molecule has 0 aromatic heterocycles. The molecule has 118 valence electrons. The predicted molar refractivity (Wildman–Crippen MR) is 82.3 cm³/mol. The summed E-state index contributed by atoms with van der Waals surface area (Å²) in [7, 11) is 0. The van der Waals surface area contributed by atoms with Crippen LogP contribution in [0.15, 0.2) is 30.3 Å². The maximum Gasteiger partial charge on any atom is 0.408 e. The number of nitriles is 1. The van der Waals surface area contributed by atoms with Gasteiger partial charge in [0.25, 0.3) is 0 Å². The van der Waals surface area contributed by atoms with Crippen molar-refractivity contribution in [3.8, 4) is 6.07 Å². The zero-order valence-electron chi connectivity index (χ0n) is 11.6. The minimum Gasteiger partial charge on any atom is -0.445 e. The first kappa shape index (κ1) is 18.1. The van der Waals surface area contributed by atoms with Crippen LogP contribution in [0.25, 0.3) is 0 Å². The van der Waals surface area contributed by atoms with Crippen molar-refractivity contribution >= 4 is 35.2 Å². The van der Waals surface area contributed by atoms with E-state index in [2.05, 4.69) is 10.6 Å². The van der Waals surface area contributed by atoms with Crippen LogP contribution in [0.3, 0.4) is 0 Å². The van der Waals surface area contributed by atoms with Crippen LogP contribution in [-0.2, 0) is 16.1 Å². The van der Waals surface area contributed by atoms with Crippen molar-refractivity contribution in [3.05, 3.63) is 35.9 Å². The first-order valence-electron chi connectivity index (χ1n) is 6.43. The molecule has 0 aliphatic heterocycles. The van der Waals surface area contributed by atoms with Crippen LogP contribution in [-0.4, -0.2) is 29.4 Å². The van der Waals surface area contributed by atoms with E-state index in [0.29, 0.717) is 0 Å². The zero-order chi connectivity index (χ0) is 16.4. The molecule has 0 saturated carbocycles. The minimum atomic E-state index is -0.975. The van der Waals surface area contributed by atoms with E-state index in [0.717, 1.165) is 5.56 Å². The number of alkyl carbamates (subject to hydrolysis) is 1. The Hall–Kier alpha value is -1.97. The van der Waals surface area contributed by atoms with Gasteiger partial charge in [0, 0.05) is 6.42 Å². The van der Waals surface area contributed by atoms with Gasteiger partial charge in [-0.3, -0.25) is 4.79 Å². The Bertz CT molecular complexity index is 532. The fourth-order valence-corrected chi connectivity index (χ4v) is 1.92. The second-order valence-electron chi connectivity index (χ2n) is 4.26. The van der Waals surface area contributed by atoms with Crippen LogP contribution in [0.1, 0.15) is 12.0 Å². The Morgan fingerprint density at radius 2 is 1.95 bits per heavy atom. The SMILES string of the molecule is N#CCNC(=O)[C@H](CC(Cl)Cl)NC(=O)OCc1ccccc1. The number of alkyl halides is 2. The quantitative estimate of drug-likeness (QED) is 0.585. The number of ether oxygens (including phenoxy) is 1. The third kappa shape index (κ3) is 7.16. The number of nitrogens with one attached hydrogen (secondary N) is 2. The highest BCUT2D eigenvalue weighted by molar-refractivity contribution is 6.44. The molecule has 0 spiro atoms. The number of carbonyl (C=O) groups is 2. The van der Waals surface area contributed by atoms with Gasteiger partial charge in [0.2, 0.25) is 5.91 Å². The molecular weight excluding hydrogens is 329 g/mol. The molecule has 1 aromatic carbocycles. The monoisotopic (exact) mass is 343 g/mol. The number of hydrogen-bond acceptors (Lipinski definition) is 4. The van der Waals surface area contributed by atoms with Crippen LogP contribution in [0.4, 0.5) is 4.79 Å². The molecule has 0 unspecified atom stereocenters. The third-order valence-corrected chi connectivity index (χ3v) is 2.93. The minimum absolute atomic E-state index is 0.000804. The first-order valence-corrected chi connectivity index (χ1v) is 7.30. The Morgan fingerprint density at radius 3 is 2.55 bits per heavy atom. The lowest BCUT2D eigenvalue weighted by atomic mass is 10.2. The van der Waals surface area contributed by atoms with E-state index in [-0.39, 0.29) is 19.6 Å². The molecule has 22 heavy (non-hydrogen) atoms. The molecule has 1 atom stereocenters. The Kier molecular flexibility index (Phi) is 8.11. The van der Waals surface area contributed by atoms with Crippen molar-refractivity contribution in [2.45, 2.75) is 23.9 Å². The van der Waals surface area contributed by atoms with Gasteiger partial charge in [-0.05, 0) is 5.56 Å². The van der Waals surface area contributed by atoms with Crippen molar-refractivity contribution in [2.24, 2.45) is 0 Å². The molecule has 2 amide bonds. The number of rotatable bonds is 7. The Balaban J connectivity index is 2.51. The lowest BCUT2D eigenvalue weighted by molar-refractivity contribution is -0.122. The molecule has 0 radical (unpaired) electrons. The van der Waals surface area contributed by atoms with E-state index in [1.54, 1.807) is 18.2 Å². The lowest BCUT2D eigenvalue weighted by Crippen LogP contribution is -2.47. The fourth-order valence-electron chi connectivity index (χ4n) is 1.57. The average Bonchev–Trinajstić information content (AvgIpc) is 2.50. The molecule has 0 fully saturated rings. The molecule has 0 bridgehead atoms. The van der Waals surface area contributed by atoms with E-state index in [9.17, 15) is 9.59 Å². The van der Waals surface area contributed by atoms with Gasteiger partial charge in [-0.15, -0.1) is 23.2 Å². The van der Waals surface area contributed by atoms with Crippen LogP contribution >= 0.6 is 23.2 Å². The van der Waals surface area contributed by atoms with Crippen LogP contribution in [0.2, 0.25) is 0 Å². The summed E-state index contributed by atoms with van der Waals surface area (Å²) in [4.78, 5) is 22.7. The molecule has 6 nitrogen and oxygen atoms in total. The summed E-state index contributed by atoms with van der Waals surface area (Å²) in [6.45, 7) is -0.101. The smallest absolute Gasteiger partial charge is 0.408 e. The van der Waals surface area contributed by atoms with Crippen molar-refractivity contribution in [1.82, 2.24) is 10.6 Å². The summed E-state index contributed by atoms with van der Waals surface area (Å²) < 4.78 is 5.01. The highest BCUT2D eigenvalue weighted by Crippen LogP contribution is 2.11. The summed E-state index contributed by atoms with van der Waals surface area (Å²) >= 11 is 11.3. The van der Waals surface area contributed by atoms with E-state index in [4.69, 9.17) is 33.2 Å². The van der Waals surface area contributed by atoms with Crippen molar-refractivity contribution in [1.29, 1.82) is 5.26 Å².